The van der Waals surface area contributed by atoms with Crippen molar-refractivity contribution in [3.63, 3.8) is 0 Å². The van der Waals surface area contributed by atoms with Gasteiger partial charge in [-0.05, 0) is 41.8 Å². The van der Waals surface area contributed by atoms with E-state index in [0.29, 0.717) is 6.42 Å². The van der Waals surface area contributed by atoms with Crippen molar-refractivity contribution in [3.05, 3.63) is 48.5 Å². The molecule has 0 radical (unpaired) electrons. The average molecular weight is 312 g/mol. The van der Waals surface area contributed by atoms with Crippen LogP contribution >= 0.6 is 12.2 Å². The van der Waals surface area contributed by atoms with Gasteiger partial charge >= 0.3 is 0 Å². The van der Waals surface area contributed by atoms with Crippen LogP contribution in [0.1, 0.15) is 26.2 Å². The Morgan fingerprint density at radius 2 is 1.55 bits per heavy atom. The Balaban J connectivity index is 2.01. The Morgan fingerprint density at radius 3 is 2.05 bits per heavy atom. The molecular weight excluding hydrogens is 292 g/mol. The molecule has 0 spiro atoms. The highest BCUT2D eigenvalue weighted by Crippen LogP contribution is 2.23. The van der Waals surface area contributed by atoms with E-state index in [1.54, 1.807) is 0 Å². The first-order chi connectivity index (χ1) is 10.7. The van der Waals surface area contributed by atoms with E-state index < -0.39 is 0 Å². The lowest BCUT2D eigenvalue weighted by molar-refractivity contribution is -0.116. The maximum atomic E-state index is 11.7. The Labute approximate surface area is 136 Å². The van der Waals surface area contributed by atoms with Gasteiger partial charge < -0.3 is 10.6 Å². The fourth-order valence-corrected chi connectivity index (χ4v) is 2.27. The van der Waals surface area contributed by atoms with Crippen LogP contribution in [0.3, 0.4) is 0 Å². The van der Waals surface area contributed by atoms with E-state index in [1.165, 1.54) is 5.49 Å². The molecule has 2 rings (SSSR count). The molecule has 3 nitrogen and oxygen atoms in total. The molecule has 0 bridgehead atoms. The predicted octanol–water partition coefficient (Wildman–Crippen LogP) is 4.85. The molecule has 0 heterocycles. The lowest BCUT2D eigenvalue weighted by Gasteiger charge is -2.07. The quantitative estimate of drug-likeness (QED) is 0.718. The van der Waals surface area contributed by atoms with E-state index in [-0.39, 0.29) is 5.91 Å². The van der Waals surface area contributed by atoms with Gasteiger partial charge in [-0.3, -0.25) is 4.79 Å². The summed E-state index contributed by atoms with van der Waals surface area (Å²) >= 11 is 4.76. The third-order valence-corrected chi connectivity index (χ3v) is 3.49. The van der Waals surface area contributed by atoms with Crippen molar-refractivity contribution >= 4 is 35.0 Å². The zero-order valence-electron chi connectivity index (χ0n) is 12.6. The summed E-state index contributed by atoms with van der Waals surface area (Å²) in [5, 5.41) is 5.89. The second-order valence-electron chi connectivity index (χ2n) is 5.07. The highest BCUT2D eigenvalue weighted by molar-refractivity contribution is 7.79. The fraction of sp³-hybridized carbons (Fsp3) is 0.222. The standard InChI is InChI=1S/C18H20N2OS/c1-2-3-4-18(21)20-17-11-7-15(8-12-17)14-5-9-16(10-6-14)19-13-22/h5-13H,2-4H2,1H3,(H,19,22)(H,20,21). The lowest BCUT2D eigenvalue weighted by atomic mass is 10.0. The maximum Gasteiger partial charge on any atom is 0.224 e. The average Bonchev–Trinajstić information content (AvgIpc) is 2.55. The van der Waals surface area contributed by atoms with Gasteiger partial charge in [-0.2, -0.15) is 0 Å². The third-order valence-electron chi connectivity index (χ3n) is 3.37. The molecule has 0 saturated heterocycles. The molecule has 2 aromatic rings. The van der Waals surface area contributed by atoms with Gasteiger partial charge in [-0.25, -0.2) is 0 Å². The van der Waals surface area contributed by atoms with Gasteiger partial charge in [0.2, 0.25) is 5.91 Å². The molecule has 0 unspecified atom stereocenters. The van der Waals surface area contributed by atoms with Crippen molar-refractivity contribution in [1.29, 1.82) is 0 Å². The Morgan fingerprint density at radius 1 is 1.00 bits per heavy atom. The molecule has 4 heteroatoms. The summed E-state index contributed by atoms with van der Waals surface area (Å²) in [4.78, 5) is 11.7. The molecule has 0 fully saturated rings. The van der Waals surface area contributed by atoms with E-state index in [0.717, 1.165) is 35.3 Å². The number of rotatable bonds is 7. The number of hydrogen-bond acceptors (Lipinski definition) is 2. The summed E-state index contributed by atoms with van der Waals surface area (Å²) in [6, 6.07) is 15.9. The molecular formula is C18H20N2OS. The maximum absolute atomic E-state index is 11.7. The summed E-state index contributed by atoms with van der Waals surface area (Å²) in [7, 11) is 0. The summed E-state index contributed by atoms with van der Waals surface area (Å²) in [6.45, 7) is 2.08. The molecule has 2 N–H and O–H groups in total. The molecule has 1 amide bonds. The van der Waals surface area contributed by atoms with Gasteiger partial charge in [-0.1, -0.05) is 49.8 Å². The van der Waals surface area contributed by atoms with Crippen molar-refractivity contribution in [3.8, 4) is 11.1 Å². The number of carbonyl (C=O) groups excluding carboxylic acids is 1. The highest BCUT2D eigenvalue weighted by Gasteiger charge is 2.02. The van der Waals surface area contributed by atoms with E-state index in [9.17, 15) is 4.79 Å². The van der Waals surface area contributed by atoms with Crippen LogP contribution in [0.2, 0.25) is 0 Å². The van der Waals surface area contributed by atoms with Crippen LogP contribution in [0.4, 0.5) is 11.4 Å². The molecule has 2 aromatic carbocycles. The van der Waals surface area contributed by atoms with E-state index >= 15 is 0 Å². The number of thiocarbonyl (C=S) groups is 1. The molecule has 22 heavy (non-hydrogen) atoms. The van der Waals surface area contributed by atoms with Gasteiger partial charge in [-0.15, -0.1) is 0 Å². The first kappa shape index (κ1) is 16.2. The van der Waals surface area contributed by atoms with Crippen LogP contribution in [0, 0.1) is 0 Å². The van der Waals surface area contributed by atoms with E-state index in [4.69, 9.17) is 12.2 Å². The number of hydrogen-bond donors (Lipinski definition) is 2. The normalized spacial score (nSPS) is 10.0. The second kappa shape index (κ2) is 8.29. The molecule has 0 aromatic heterocycles. The van der Waals surface area contributed by atoms with Gasteiger partial charge in [0.05, 0.1) is 5.49 Å². The third kappa shape index (κ3) is 4.67. The number of nitrogens with one attached hydrogen (secondary N) is 2. The Hall–Kier alpha value is -2.20. The second-order valence-corrected chi connectivity index (χ2v) is 5.30. The smallest absolute Gasteiger partial charge is 0.224 e. The van der Waals surface area contributed by atoms with Crippen molar-refractivity contribution in [1.82, 2.24) is 0 Å². The van der Waals surface area contributed by atoms with E-state index in [1.807, 2.05) is 48.5 Å². The lowest BCUT2D eigenvalue weighted by Crippen LogP contribution is -2.10. The molecule has 0 aliphatic heterocycles. The SMILES string of the molecule is CCCCC(=O)Nc1ccc(-c2ccc(NC=S)cc2)cc1. The van der Waals surface area contributed by atoms with Gasteiger partial charge in [0.1, 0.15) is 0 Å². The van der Waals surface area contributed by atoms with Crippen LogP contribution in [0.5, 0.6) is 0 Å². The minimum Gasteiger partial charge on any atom is -0.353 e. The van der Waals surface area contributed by atoms with Crippen LogP contribution in [-0.2, 0) is 4.79 Å². The van der Waals surface area contributed by atoms with Crippen molar-refractivity contribution in [2.75, 3.05) is 10.6 Å². The monoisotopic (exact) mass is 312 g/mol. The first-order valence-electron chi connectivity index (χ1n) is 7.43. The van der Waals surface area contributed by atoms with Crippen molar-refractivity contribution in [2.45, 2.75) is 26.2 Å². The van der Waals surface area contributed by atoms with Gasteiger partial charge in [0.25, 0.3) is 0 Å². The van der Waals surface area contributed by atoms with Crippen molar-refractivity contribution in [2.24, 2.45) is 0 Å². The summed E-state index contributed by atoms with van der Waals surface area (Å²) in [6.07, 6.45) is 2.53. The molecule has 0 saturated carbocycles. The number of anilines is 2. The number of carbonyl (C=O) groups is 1. The predicted molar refractivity (Wildman–Crippen MR) is 97.3 cm³/mol. The minimum atomic E-state index is 0.0743. The minimum absolute atomic E-state index is 0.0743. The highest BCUT2D eigenvalue weighted by atomic mass is 32.1. The zero-order chi connectivity index (χ0) is 15.8. The Bertz CT molecular complexity index is 621. The molecule has 0 aliphatic carbocycles. The summed E-state index contributed by atoms with van der Waals surface area (Å²) in [5.74, 6) is 0.0743. The number of unbranched alkanes of at least 4 members (excludes halogenated alkanes) is 1. The topological polar surface area (TPSA) is 41.1 Å². The van der Waals surface area contributed by atoms with Crippen LogP contribution < -0.4 is 10.6 Å². The fourth-order valence-electron chi connectivity index (χ4n) is 2.13. The first-order valence-corrected chi connectivity index (χ1v) is 7.90. The zero-order valence-corrected chi connectivity index (χ0v) is 13.5. The largest absolute Gasteiger partial charge is 0.353 e. The summed E-state index contributed by atoms with van der Waals surface area (Å²) in [5.41, 5.74) is 5.53. The number of amides is 1. The molecule has 0 atom stereocenters. The molecule has 114 valence electrons. The number of benzene rings is 2. The van der Waals surface area contributed by atoms with Crippen molar-refractivity contribution < 1.29 is 4.79 Å². The van der Waals surface area contributed by atoms with Crippen LogP contribution in [0.15, 0.2) is 48.5 Å². The van der Waals surface area contributed by atoms with Gasteiger partial charge in [0, 0.05) is 17.8 Å². The van der Waals surface area contributed by atoms with Crippen LogP contribution in [-0.4, -0.2) is 11.4 Å². The van der Waals surface area contributed by atoms with Crippen LogP contribution in [0.25, 0.3) is 11.1 Å². The summed E-state index contributed by atoms with van der Waals surface area (Å²) < 4.78 is 0. The Kier molecular flexibility index (Phi) is 6.10. The van der Waals surface area contributed by atoms with Gasteiger partial charge in [0.15, 0.2) is 0 Å². The molecule has 0 aliphatic rings. The van der Waals surface area contributed by atoms with E-state index in [2.05, 4.69) is 17.6 Å².